The Labute approximate surface area is 111 Å². The Morgan fingerprint density at radius 1 is 0.947 bits per heavy atom. The van der Waals surface area contributed by atoms with Gasteiger partial charge >= 0.3 is 0 Å². The Morgan fingerprint density at radius 3 is 2.26 bits per heavy atom. The van der Waals surface area contributed by atoms with Crippen LogP contribution in [0.5, 0.6) is 0 Å². The lowest BCUT2D eigenvalue weighted by Gasteiger charge is -2.15. The van der Waals surface area contributed by atoms with E-state index >= 15 is 0 Å². The second-order valence-corrected chi connectivity index (χ2v) is 4.62. The van der Waals surface area contributed by atoms with Crippen molar-refractivity contribution in [3.05, 3.63) is 76.9 Å². The second-order valence-electron chi connectivity index (χ2n) is 4.62. The van der Waals surface area contributed by atoms with Crippen molar-refractivity contribution in [2.45, 2.75) is 5.92 Å². The maximum absolute atomic E-state index is 11.7. The fourth-order valence-electron chi connectivity index (χ4n) is 2.72. The number of carbonyl (C=O) groups excluding carboxylic acids is 1. The zero-order valence-corrected chi connectivity index (χ0v) is 10.3. The molecule has 0 saturated carbocycles. The molecular weight excluding hydrogens is 236 g/mol. The molecule has 1 aliphatic carbocycles. The van der Waals surface area contributed by atoms with E-state index in [-0.39, 0.29) is 5.92 Å². The van der Waals surface area contributed by atoms with Crippen molar-refractivity contribution in [1.82, 2.24) is 0 Å². The van der Waals surface area contributed by atoms with Gasteiger partial charge in [0, 0.05) is 17.2 Å². The van der Waals surface area contributed by atoms with Gasteiger partial charge in [0.25, 0.3) is 0 Å². The summed E-state index contributed by atoms with van der Waals surface area (Å²) in [5, 5.41) is 0. The monoisotopic (exact) mass is 250 g/mol. The molecule has 1 atom stereocenters. The molecule has 19 heavy (non-hydrogen) atoms. The number of hydrogen-bond donors (Lipinski definition) is 2. The maximum atomic E-state index is 11.7. The summed E-state index contributed by atoms with van der Waals surface area (Å²) in [7, 11) is 0. The maximum Gasteiger partial charge on any atom is 0.247 e. The van der Waals surface area contributed by atoms with Crippen LogP contribution in [0.15, 0.2) is 60.2 Å². The molecule has 1 unspecified atom stereocenters. The first-order chi connectivity index (χ1) is 9.20. The third-order valence-corrected chi connectivity index (χ3v) is 3.54. The van der Waals surface area contributed by atoms with Gasteiger partial charge in [-0.1, -0.05) is 54.6 Å². The number of carbonyl (C=O) groups is 1. The highest BCUT2D eigenvalue weighted by Gasteiger charge is 2.33. The van der Waals surface area contributed by atoms with Gasteiger partial charge in [0.15, 0.2) is 0 Å². The lowest BCUT2D eigenvalue weighted by atomic mass is 9.88. The molecule has 1 amide bonds. The van der Waals surface area contributed by atoms with Crippen molar-refractivity contribution in [3.8, 4) is 0 Å². The van der Waals surface area contributed by atoms with E-state index in [9.17, 15) is 4.79 Å². The van der Waals surface area contributed by atoms with Crippen LogP contribution < -0.4 is 11.5 Å². The van der Waals surface area contributed by atoms with Gasteiger partial charge in [-0.15, -0.1) is 0 Å². The van der Waals surface area contributed by atoms with E-state index < -0.39 is 5.91 Å². The first-order valence-corrected chi connectivity index (χ1v) is 6.14. The quantitative estimate of drug-likeness (QED) is 0.855. The summed E-state index contributed by atoms with van der Waals surface area (Å²) in [6.07, 6.45) is 0. The lowest BCUT2D eigenvalue weighted by molar-refractivity contribution is -0.114. The number of fused-ring (bicyclic) bond motifs is 1. The SMILES string of the molecule is NC(=O)C1=C(N)c2ccccc2C1c1ccccc1. The average molecular weight is 250 g/mol. The van der Waals surface area contributed by atoms with Crippen molar-refractivity contribution >= 4 is 11.6 Å². The summed E-state index contributed by atoms with van der Waals surface area (Å²) in [5.74, 6) is -0.613. The van der Waals surface area contributed by atoms with Gasteiger partial charge in [0.1, 0.15) is 0 Å². The third kappa shape index (κ3) is 1.71. The van der Waals surface area contributed by atoms with Crippen molar-refractivity contribution in [2.75, 3.05) is 0 Å². The molecule has 0 bridgehead atoms. The number of amides is 1. The van der Waals surface area contributed by atoms with Crippen molar-refractivity contribution in [2.24, 2.45) is 11.5 Å². The summed E-state index contributed by atoms with van der Waals surface area (Å²) in [6, 6.07) is 17.6. The van der Waals surface area contributed by atoms with E-state index in [1.807, 2.05) is 54.6 Å². The minimum atomic E-state index is -0.456. The summed E-state index contributed by atoms with van der Waals surface area (Å²) < 4.78 is 0. The van der Waals surface area contributed by atoms with Gasteiger partial charge in [-0.2, -0.15) is 0 Å². The van der Waals surface area contributed by atoms with Gasteiger partial charge < -0.3 is 11.5 Å². The Balaban J connectivity index is 2.25. The molecule has 4 N–H and O–H groups in total. The van der Waals surface area contributed by atoms with Crippen molar-refractivity contribution in [3.63, 3.8) is 0 Å². The molecule has 0 saturated heterocycles. The number of rotatable bonds is 2. The first-order valence-electron chi connectivity index (χ1n) is 6.14. The van der Waals surface area contributed by atoms with Crippen LogP contribution in [0.25, 0.3) is 5.70 Å². The molecule has 0 aliphatic heterocycles. The topological polar surface area (TPSA) is 69.1 Å². The molecule has 94 valence electrons. The number of nitrogens with two attached hydrogens (primary N) is 2. The van der Waals surface area contributed by atoms with Gasteiger partial charge in [-0.25, -0.2) is 0 Å². The zero-order valence-electron chi connectivity index (χ0n) is 10.3. The molecule has 3 heteroatoms. The summed E-state index contributed by atoms with van der Waals surface area (Å²) in [5.41, 5.74) is 15.6. The Hall–Kier alpha value is -2.55. The van der Waals surface area contributed by atoms with E-state index in [2.05, 4.69) is 0 Å². The smallest absolute Gasteiger partial charge is 0.247 e. The highest BCUT2D eigenvalue weighted by Crippen LogP contribution is 2.43. The highest BCUT2D eigenvalue weighted by molar-refractivity contribution is 6.04. The summed E-state index contributed by atoms with van der Waals surface area (Å²) in [6.45, 7) is 0. The van der Waals surface area contributed by atoms with Crippen molar-refractivity contribution < 1.29 is 4.79 Å². The van der Waals surface area contributed by atoms with Crippen LogP contribution in [0.1, 0.15) is 22.6 Å². The first kappa shape index (κ1) is 11.5. The predicted molar refractivity (Wildman–Crippen MR) is 75.0 cm³/mol. The van der Waals surface area contributed by atoms with Crippen LogP contribution in [-0.4, -0.2) is 5.91 Å². The molecule has 0 heterocycles. The minimum absolute atomic E-state index is 0.158. The molecule has 0 spiro atoms. The molecule has 3 rings (SSSR count). The Morgan fingerprint density at radius 2 is 1.58 bits per heavy atom. The minimum Gasteiger partial charge on any atom is -0.398 e. The highest BCUT2D eigenvalue weighted by atomic mass is 16.1. The van der Waals surface area contributed by atoms with Gasteiger partial charge in [0.05, 0.1) is 5.57 Å². The van der Waals surface area contributed by atoms with Crippen LogP contribution in [0.2, 0.25) is 0 Å². The normalized spacial score (nSPS) is 17.4. The Bertz CT molecular complexity index is 674. The fourth-order valence-corrected chi connectivity index (χ4v) is 2.72. The van der Waals surface area contributed by atoms with Crippen molar-refractivity contribution in [1.29, 1.82) is 0 Å². The van der Waals surface area contributed by atoms with E-state index in [4.69, 9.17) is 11.5 Å². The molecule has 0 aromatic heterocycles. The Kier molecular flexibility index (Phi) is 2.60. The molecule has 0 fully saturated rings. The fraction of sp³-hybridized carbons (Fsp3) is 0.0625. The number of primary amides is 1. The van der Waals surface area contributed by atoms with Gasteiger partial charge in [-0.3, -0.25) is 4.79 Å². The molecule has 3 nitrogen and oxygen atoms in total. The zero-order chi connectivity index (χ0) is 13.4. The standard InChI is InChI=1S/C16H14N2O/c17-15-12-9-5-4-8-11(12)13(14(15)16(18)19)10-6-2-1-3-7-10/h1-9,13H,17H2,(H2,18,19). The van der Waals surface area contributed by atoms with Gasteiger partial charge in [-0.05, 0) is 11.1 Å². The number of hydrogen-bond acceptors (Lipinski definition) is 2. The second kappa shape index (κ2) is 4.28. The third-order valence-electron chi connectivity index (χ3n) is 3.54. The molecule has 0 radical (unpaired) electrons. The number of benzene rings is 2. The van der Waals surface area contributed by atoms with E-state index in [1.165, 1.54) is 0 Å². The molecule has 2 aromatic carbocycles. The van der Waals surface area contributed by atoms with Crippen LogP contribution >= 0.6 is 0 Å². The predicted octanol–water partition coefficient (Wildman–Crippen LogP) is 1.99. The van der Waals surface area contributed by atoms with Gasteiger partial charge in [0.2, 0.25) is 5.91 Å². The average Bonchev–Trinajstić information content (AvgIpc) is 2.74. The van der Waals surface area contributed by atoms with Crippen LogP contribution in [0.3, 0.4) is 0 Å². The lowest BCUT2D eigenvalue weighted by Crippen LogP contribution is -2.20. The summed E-state index contributed by atoms with van der Waals surface area (Å²) >= 11 is 0. The van der Waals surface area contributed by atoms with E-state index in [1.54, 1.807) is 0 Å². The molecule has 1 aliphatic rings. The van der Waals surface area contributed by atoms with Crippen LogP contribution in [0.4, 0.5) is 0 Å². The van der Waals surface area contributed by atoms with E-state index in [0.717, 1.165) is 16.7 Å². The van der Waals surface area contributed by atoms with E-state index in [0.29, 0.717) is 11.3 Å². The largest absolute Gasteiger partial charge is 0.398 e. The van der Waals surface area contributed by atoms with Crippen LogP contribution in [0, 0.1) is 0 Å². The molecule has 2 aromatic rings. The molecular formula is C16H14N2O. The van der Waals surface area contributed by atoms with Crippen LogP contribution in [-0.2, 0) is 4.79 Å². The summed E-state index contributed by atoms with van der Waals surface area (Å²) in [4.78, 5) is 11.7.